The van der Waals surface area contributed by atoms with Crippen molar-refractivity contribution in [3.05, 3.63) is 33.8 Å². The number of hydrogen-bond acceptors (Lipinski definition) is 3. The SMILES string of the molecule is CCOC1(c2ccc(Cl)c(Cl)c2)CNCCOC1.Cl. The van der Waals surface area contributed by atoms with Gasteiger partial charge in [0.2, 0.25) is 0 Å². The summed E-state index contributed by atoms with van der Waals surface area (Å²) in [6, 6.07) is 5.60. The molecule has 0 spiro atoms. The predicted molar refractivity (Wildman–Crippen MR) is 80.7 cm³/mol. The van der Waals surface area contributed by atoms with Crippen LogP contribution >= 0.6 is 35.6 Å². The van der Waals surface area contributed by atoms with E-state index in [1.165, 1.54) is 0 Å². The fourth-order valence-electron chi connectivity index (χ4n) is 2.14. The third kappa shape index (κ3) is 3.97. The highest BCUT2D eigenvalue weighted by Gasteiger charge is 2.34. The Morgan fingerprint density at radius 3 is 2.84 bits per heavy atom. The van der Waals surface area contributed by atoms with E-state index in [4.69, 9.17) is 32.7 Å². The van der Waals surface area contributed by atoms with Gasteiger partial charge in [-0.2, -0.15) is 0 Å². The van der Waals surface area contributed by atoms with Gasteiger partial charge in [0.05, 0.1) is 23.3 Å². The fraction of sp³-hybridized carbons (Fsp3) is 0.538. The number of ether oxygens (including phenoxy) is 2. The van der Waals surface area contributed by atoms with Crippen LogP contribution in [0, 0.1) is 0 Å². The molecule has 0 aromatic heterocycles. The number of benzene rings is 1. The van der Waals surface area contributed by atoms with Crippen LogP contribution < -0.4 is 5.32 Å². The second-order valence-corrected chi connectivity index (χ2v) is 5.10. The molecular formula is C13H18Cl3NO2. The minimum absolute atomic E-state index is 0. The molecule has 2 rings (SSSR count). The summed E-state index contributed by atoms with van der Waals surface area (Å²) in [5, 5.41) is 4.42. The molecule has 0 aliphatic carbocycles. The Bertz CT molecular complexity index is 407. The van der Waals surface area contributed by atoms with Crippen LogP contribution in [0.1, 0.15) is 12.5 Å². The van der Waals surface area contributed by atoms with Crippen molar-refractivity contribution in [2.75, 3.05) is 32.9 Å². The van der Waals surface area contributed by atoms with Crippen LogP contribution in [0.3, 0.4) is 0 Å². The molecule has 1 unspecified atom stereocenters. The first kappa shape index (κ1) is 17.0. The molecule has 1 atom stereocenters. The van der Waals surface area contributed by atoms with E-state index in [0.29, 0.717) is 36.4 Å². The molecule has 1 aliphatic rings. The van der Waals surface area contributed by atoms with Crippen molar-refractivity contribution in [3.63, 3.8) is 0 Å². The molecule has 0 saturated carbocycles. The largest absolute Gasteiger partial charge is 0.377 e. The summed E-state index contributed by atoms with van der Waals surface area (Å²) in [7, 11) is 0. The van der Waals surface area contributed by atoms with Crippen molar-refractivity contribution in [1.82, 2.24) is 5.32 Å². The van der Waals surface area contributed by atoms with Crippen LogP contribution in [-0.2, 0) is 15.1 Å². The lowest BCUT2D eigenvalue weighted by Crippen LogP contribution is -2.42. The van der Waals surface area contributed by atoms with Crippen LogP contribution in [0.5, 0.6) is 0 Å². The number of hydrogen-bond donors (Lipinski definition) is 1. The second kappa shape index (κ2) is 7.67. The molecule has 0 radical (unpaired) electrons. The molecule has 1 heterocycles. The Morgan fingerprint density at radius 1 is 1.37 bits per heavy atom. The van der Waals surface area contributed by atoms with Gasteiger partial charge < -0.3 is 14.8 Å². The third-order valence-electron chi connectivity index (χ3n) is 3.04. The number of halogens is 3. The van der Waals surface area contributed by atoms with Crippen LogP contribution in [-0.4, -0.2) is 32.9 Å². The third-order valence-corrected chi connectivity index (χ3v) is 3.77. The van der Waals surface area contributed by atoms with Gasteiger partial charge in [-0.15, -0.1) is 12.4 Å². The molecular weight excluding hydrogens is 309 g/mol. The maximum absolute atomic E-state index is 6.09. The van der Waals surface area contributed by atoms with Crippen molar-refractivity contribution in [2.45, 2.75) is 12.5 Å². The Labute approximate surface area is 130 Å². The molecule has 1 aliphatic heterocycles. The highest BCUT2D eigenvalue weighted by Crippen LogP contribution is 2.32. The van der Waals surface area contributed by atoms with Crippen molar-refractivity contribution >= 4 is 35.6 Å². The Balaban J connectivity index is 0.00000180. The monoisotopic (exact) mass is 325 g/mol. The van der Waals surface area contributed by atoms with E-state index in [0.717, 1.165) is 12.1 Å². The molecule has 19 heavy (non-hydrogen) atoms. The standard InChI is InChI=1S/C13H17Cl2NO2.ClH/c1-2-18-13(8-16-5-6-17-9-13)10-3-4-11(14)12(15)7-10;/h3-4,7,16H,2,5-6,8-9H2,1H3;1H. The Kier molecular flexibility index (Phi) is 6.87. The smallest absolute Gasteiger partial charge is 0.129 e. The van der Waals surface area contributed by atoms with Crippen LogP contribution in [0.2, 0.25) is 10.0 Å². The first-order chi connectivity index (χ1) is 8.68. The van der Waals surface area contributed by atoms with E-state index in [9.17, 15) is 0 Å². The fourth-order valence-corrected chi connectivity index (χ4v) is 2.44. The maximum atomic E-state index is 6.09. The molecule has 1 fully saturated rings. The zero-order valence-corrected chi connectivity index (χ0v) is 13.1. The number of rotatable bonds is 3. The molecule has 6 heteroatoms. The topological polar surface area (TPSA) is 30.5 Å². The van der Waals surface area contributed by atoms with Gasteiger partial charge in [0.15, 0.2) is 0 Å². The minimum atomic E-state index is -0.487. The lowest BCUT2D eigenvalue weighted by atomic mass is 9.94. The van der Waals surface area contributed by atoms with Gasteiger partial charge in [-0.05, 0) is 24.6 Å². The van der Waals surface area contributed by atoms with Gasteiger partial charge in [0, 0.05) is 19.7 Å². The van der Waals surface area contributed by atoms with Crippen molar-refractivity contribution < 1.29 is 9.47 Å². The van der Waals surface area contributed by atoms with Crippen LogP contribution in [0.25, 0.3) is 0 Å². The van der Waals surface area contributed by atoms with E-state index in [1.54, 1.807) is 6.07 Å². The summed E-state index contributed by atoms with van der Waals surface area (Å²) in [6.45, 7) is 5.34. The van der Waals surface area contributed by atoms with Crippen molar-refractivity contribution in [3.8, 4) is 0 Å². The summed E-state index contributed by atoms with van der Waals surface area (Å²) in [5.41, 5.74) is 0.507. The highest BCUT2D eigenvalue weighted by molar-refractivity contribution is 6.42. The summed E-state index contributed by atoms with van der Waals surface area (Å²) in [5.74, 6) is 0. The van der Waals surface area contributed by atoms with Crippen LogP contribution in [0.15, 0.2) is 18.2 Å². The van der Waals surface area contributed by atoms with Gasteiger partial charge >= 0.3 is 0 Å². The van der Waals surface area contributed by atoms with Gasteiger partial charge in [0.25, 0.3) is 0 Å². The Morgan fingerprint density at radius 2 is 2.16 bits per heavy atom. The molecule has 1 aromatic rings. The zero-order chi connectivity index (χ0) is 13.0. The summed E-state index contributed by atoms with van der Waals surface area (Å²) < 4.78 is 11.6. The molecule has 1 saturated heterocycles. The minimum Gasteiger partial charge on any atom is -0.377 e. The predicted octanol–water partition coefficient (Wildman–Crippen LogP) is 3.27. The first-order valence-electron chi connectivity index (χ1n) is 6.06. The second-order valence-electron chi connectivity index (χ2n) is 4.29. The average molecular weight is 327 g/mol. The van der Waals surface area contributed by atoms with Gasteiger partial charge in [-0.1, -0.05) is 29.3 Å². The zero-order valence-electron chi connectivity index (χ0n) is 10.7. The Hall–Kier alpha value is -0.0300. The lowest BCUT2D eigenvalue weighted by Gasteiger charge is -2.32. The molecule has 108 valence electrons. The molecule has 1 N–H and O–H groups in total. The van der Waals surface area contributed by atoms with E-state index < -0.39 is 5.60 Å². The van der Waals surface area contributed by atoms with E-state index in [1.807, 2.05) is 19.1 Å². The molecule has 1 aromatic carbocycles. The average Bonchev–Trinajstić information content (AvgIpc) is 2.60. The van der Waals surface area contributed by atoms with Crippen LogP contribution in [0.4, 0.5) is 0 Å². The summed E-state index contributed by atoms with van der Waals surface area (Å²) >= 11 is 12.0. The number of nitrogens with one attached hydrogen (secondary N) is 1. The maximum Gasteiger partial charge on any atom is 0.129 e. The van der Waals surface area contributed by atoms with Gasteiger partial charge in [-0.25, -0.2) is 0 Å². The van der Waals surface area contributed by atoms with E-state index >= 15 is 0 Å². The van der Waals surface area contributed by atoms with Gasteiger partial charge in [-0.3, -0.25) is 0 Å². The summed E-state index contributed by atoms with van der Waals surface area (Å²) in [6.07, 6.45) is 0. The molecule has 0 bridgehead atoms. The molecule has 3 nitrogen and oxygen atoms in total. The van der Waals surface area contributed by atoms with Gasteiger partial charge in [0.1, 0.15) is 5.60 Å². The van der Waals surface area contributed by atoms with E-state index in [2.05, 4.69) is 5.32 Å². The van der Waals surface area contributed by atoms with Crippen molar-refractivity contribution in [2.24, 2.45) is 0 Å². The quantitative estimate of drug-likeness (QED) is 0.925. The highest BCUT2D eigenvalue weighted by atomic mass is 35.5. The van der Waals surface area contributed by atoms with Crippen molar-refractivity contribution in [1.29, 1.82) is 0 Å². The normalized spacial score (nSPS) is 23.5. The molecule has 0 amide bonds. The van der Waals surface area contributed by atoms with E-state index in [-0.39, 0.29) is 12.4 Å². The summed E-state index contributed by atoms with van der Waals surface area (Å²) in [4.78, 5) is 0. The lowest BCUT2D eigenvalue weighted by molar-refractivity contribution is -0.0854. The first-order valence-corrected chi connectivity index (χ1v) is 6.81.